The molecule has 32 heavy (non-hydrogen) atoms. The van der Waals surface area contributed by atoms with Gasteiger partial charge >= 0.3 is 0 Å². The second kappa shape index (κ2) is 9.93. The van der Waals surface area contributed by atoms with E-state index in [9.17, 15) is 14.3 Å². The molecule has 3 aromatic rings. The summed E-state index contributed by atoms with van der Waals surface area (Å²) in [6.45, 7) is -2.35. The van der Waals surface area contributed by atoms with E-state index >= 15 is 0 Å². The first-order chi connectivity index (χ1) is 17.6. The molecule has 9 heteroatoms. The molecule has 1 saturated heterocycles. The summed E-state index contributed by atoms with van der Waals surface area (Å²) in [7, 11) is 0. The van der Waals surface area contributed by atoms with E-state index in [1.807, 2.05) is 0 Å². The Balaban J connectivity index is 1.49. The van der Waals surface area contributed by atoms with Gasteiger partial charge in [-0.3, -0.25) is 9.69 Å². The lowest BCUT2D eigenvalue weighted by molar-refractivity contribution is -0.111. The number of halogens is 2. The zero-order chi connectivity index (χ0) is 26.9. The molecule has 1 fully saturated rings. The van der Waals surface area contributed by atoms with Gasteiger partial charge in [0.15, 0.2) is 0 Å². The number of carbonyl (C=O) groups is 1. The first-order valence-electron chi connectivity index (χ1n) is 12.5. The zero-order valence-electron chi connectivity index (χ0n) is 21.7. The van der Waals surface area contributed by atoms with Crippen molar-refractivity contribution >= 4 is 45.6 Å². The molecule has 2 heterocycles. The zero-order valence-corrected chi connectivity index (χ0v) is 17.4. The number of likely N-dealkylation sites (tertiary alicyclic amines) is 1. The highest BCUT2D eigenvalue weighted by Crippen LogP contribution is 2.33. The Kier molecular flexibility index (Phi) is 5.09. The van der Waals surface area contributed by atoms with Crippen LogP contribution in [0.2, 0.25) is 5.02 Å². The molecule has 0 spiro atoms. The molecule has 4 atom stereocenters. The Morgan fingerprint density at radius 2 is 2.06 bits per heavy atom. The van der Waals surface area contributed by atoms with Crippen molar-refractivity contribution in [1.82, 2.24) is 14.9 Å². The van der Waals surface area contributed by atoms with Crippen LogP contribution in [0.15, 0.2) is 48.8 Å². The molecule has 166 valence electrons. The molecule has 1 aliphatic heterocycles. The number of rotatable bonds is 6. The van der Waals surface area contributed by atoms with Gasteiger partial charge in [-0.2, -0.15) is 0 Å². The summed E-state index contributed by atoms with van der Waals surface area (Å²) in [5.41, 5.74) is 0.918. The van der Waals surface area contributed by atoms with Crippen LogP contribution in [0, 0.1) is 5.82 Å². The van der Waals surface area contributed by atoms with Crippen molar-refractivity contribution in [3.05, 3.63) is 59.7 Å². The van der Waals surface area contributed by atoms with Gasteiger partial charge in [-0.05, 0) is 50.1 Å². The van der Waals surface area contributed by atoms with Gasteiger partial charge < -0.3 is 15.7 Å². The number of nitrogens with zero attached hydrogens (tertiary/aromatic N) is 3. The maximum absolute atomic E-state index is 13.5. The highest BCUT2D eigenvalue weighted by atomic mass is 35.5. The van der Waals surface area contributed by atoms with Crippen LogP contribution in [0.3, 0.4) is 0 Å². The maximum Gasteiger partial charge on any atom is 0.248 e. The lowest BCUT2D eigenvalue weighted by atomic mass is 10.1. The van der Waals surface area contributed by atoms with Crippen LogP contribution in [0.4, 0.5) is 21.6 Å². The number of phenols is 1. The third kappa shape index (κ3) is 5.33. The summed E-state index contributed by atoms with van der Waals surface area (Å²) in [5.74, 6) is -1.09. The molecular weight excluding hydrogens is 433 g/mol. The Hall–Kier alpha value is -3.23. The third-order valence-corrected chi connectivity index (χ3v) is 4.85. The van der Waals surface area contributed by atoms with Crippen molar-refractivity contribution in [3.63, 3.8) is 0 Å². The standard InChI is InChI=1S/C23H23ClFN5O2/c24-17-11-15(6-7-18(17)25)28-23-16-12-20(21(31)13-19(16)26-14-27-23)29-22(32)5-4-10-30-8-2-1-3-9-30/h4-7,11-14,31H,1-3,8-10H2,(H,29,32)(H,26,27,28)/b5-4+/i1D,2D,3D,8D,9D. The van der Waals surface area contributed by atoms with E-state index in [-0.39, 0.29) is 23.0 Å². The fourth-order valence-corrected chi connectivity index (χ4v) is 3.19. The SMILES string of the molecule is [2H]C1C([2H])C([2H])N(C/C=C/C(=O)Nc2cc3c(Nc4ccc(F)c(Cl)c4)ncnc3cc2O)C([2H])C1[2H]. The first kappa shape index (κ1) is 16.4. The van der Waals surface area contributed by atoms with Gasteiger partial charge in [0.2, 0.25) is 5.91 Å². The summed E-state index contributed by atoms with van der Waals surface area (Å²) >= 11 is 5.84. The number of aromatic hydroxyl groups is 1. The third-order valence-electron chi connectivity index (χ3n) is 4.56. The average molecular weight is 461 g/mol. The van der Waals surface area contributed by atoms with Gasteiger partial charge in [0, 0.05) is 36.6 Å². The second-order valence-corrected chi connectivity index (χ2v) is 7.23. The predicted octanol–water partition coefficient (Wildman–Crippen LogP) is 4.85. The molecule has 0 aliphatic carbocycles. The van der Waals surface area contributed by atoms with Crippen LogP contribution in [-0.4, -0.2) is 45.5 Å². The molecule has 0 radical (unpaired) electrons. The number of benzene rings is 2. The maximum atomic E-state index is 13.5. The largest absolute Gasteiger partial charge is 0.506 e. The number of piperidine rings is 1. The van der Waals surface area contributed by atoms with E-state index in [2.05, 4.69) is 20.6 Å². The normalized spacial score (nSPS) is 28.4. The van der Waals surface area contributed by atoms with Crippen molar-refractivity contribution in [3.8, 4) is 5.75 Å². The lowest BCUT2D eigenvalue weighted by Gasteiger charge is -2.24. The Labute approximate surface area is 197 Å². The van der Waals surface area contributed by atoms with E-state index in [1.54, 1.807) is 0 Å². The van der Waals surface area contributed by atoms with Gasteiger partial charge in [0.05, 0.1) is 16.2 Å². The molecule has 0 saturated carbocycles. The number of aromatic nitrogens is 2. The minimum atomic E-state index is -1.16. The summed E-state index contributed by atoms with van der Waals surface area (Å²) in [5, 5.41) is 16.3. The fourth-order valence-electron chi connectivity index (χ4n) is 3.01. The Morgan fingerprint density at radius 1 is 1.25 bits per heavy atom. The highest BCUT2D eigenvalue weighted by molar-refractivity contribution is 6.31. The Morgan fingerprint density at radius 3 is 2.84 bits per heavy atom. The number of amides is 1. The molecule has 0 bridgehead atoms. The molecule has 4 rings (SSSR count). The van der Waals surface area contributed by atoms with Crippen molar-refractivity contribution in [2.24, 2.45) is 0 Å². The number of anilines is 3. The van der Waals surface area contributed by atoms with Crippen molar-refractivity contribution in [2.75, 3.05) is 30.2 Å². The van der Waals surface area contributed by atoms with Gasteiger partial charge in [0.1, 0.15) is 23.7 Å². The topological polar surface area (TPSA) is 90.4 Å². The smallest absolute Gasteiger partial charge is 0.248 e. The Bertz CT molecular complexity index is 1340. The van der Waals surface area contributed by atoms with Crippen LogP contribution >= 0.6 is 11.6 Å². The van der Waals surface area contributed by atoms with Gasteiger partial charge in [-0.25, -0.2) is 14.4 Å². The van der Waals surface area contributed by atoms with Gasteiger partial charge in [0.25, 0.3) is 0 Å². The number of hydrogen-bond acceptors (Lipinski definition) is 6. The van der Waals surface area contributed by atoms with Crippen LogP contribution in [0.1, 0.15) is 26.0 Å². The first-order valence-corrected chi connectivity index (χ1v) is 9.99. The van der Waals surface area contributed by atoms with Crippen LogP contribution < -0.4 is 10.6 Å². The fraction of sp³-hybridized carbons (Fsp3) is 0.261. The summed E-state index contributed by atoms with van der Waals surface area (Å²) in [4.78, 5) is 22.1. The summed E-state index contributed by atoms with van der Waals surface area (Å²) in [6, 6.07) is 6.89. The van der Waals surface area contributed by atoms with E-state index in [0.717, 1.165) is 6.08 Å². The van der Waals surface area contributed by atoms with Crippen LogP contribution in [-0.2, 0) is 4.79 Å². The molecular formula is C23H23ClFN5O2. The number of fused-ring (bicyclic) bond motifs is 1. The highest BCUT2D eigenvalue weighted by Gasteiger charge is 2.12. The molecule has 7 nitrogen and oxygen atoms in total. The van der Waals surface area contributed by atoms with Crippen LogP contribution in [0.25, 0.3) is 10.9 Å². The number of nitrogens with one attached hydrogen (secondary N) is 2. The molecule has 1 aliphatic rings. The van der Waals surface area contributed by atoms with E-state index < -0.39 is 44.0 Å². The second-order valence-electron chi connectivity index (χ2n) is 6.83. The number of phenolic OH excluding ortho intramolecular Hbond substituents is 1. The monoisotopic (exact) mass is 460 g/mol. The van der Waals surface area contributed by atoms with Gasteiger partial charge in [-0.15, -0.1) is 0 Å². The summed E-state index contributed by atoms with van der Waals surface area (Å²) < 4.78 is 53.3. The van der Waals surface area contributed by atoms with Crippen LogP contribution in [0.5, 0.6) is 5.75 Å². The molecule has 1 aromatic heterocycles. The van der Waals surface area contributed by atoms with Crippen molar-refractivity contribution in [2.45, 2.75) is 19.2 Å². The van der Waals surface area contributed by atoms with E-state index in [1.165, 1.54) is 47.6 Å². The summed E-state index contributed by atoms with van der Waals surface area (Å²) in [6.07, 6.45) is 0.382. The molecule has 3 N–H and O–H groups in total. The average Bonchev–Trinajstić information content (AvgIpc) is 2.86. The van der Waals surface area contributed by atoms with Gasteiger partial charge in [-0.1, -0.05) is 24.1 Å². The number of carbonyl (C=O) groups excluding carboxylic acids is 1. The molecule has 2 aromatic carbocycles. The van der Waals surface area contributed by atoms with Crippen molar-refractivity contribution in [1.29, 1.82) is 0 Å². The quantitative estimate of drug-likeness (QED) is 0.360. The molecule has 4 unspecified atom stereocenters. The number of hydrogen-bond donors (Lipinski definition) is 3. The lowest BCUT2D eigenvalue weighted by Crippen LogP contribution is -2.29. The van der Waals surface area contributed by atoms with Crippen molar-refractivity contribution < 1.29 is 21.1 Å². The molecule has 1 amide bonds. The predicted molar refractivity (Wildman–Crippen MR) is 124 cm³/mol. The van der Waals surface area contributed by atoms with E-state index in [0.29, 0.717) is 22.4 Å². The minimum Gasteiger partial charge on any atom is -0.506 e. The van der Waals surface area contributed by atoms with E-state index in [4.69, 9.17) is 18.5 Å². The minimum absolute atomic E-state index is 0.0287.